The van der Waals surface area contributed by atoms with Crippen molar-refractivity contribution in [1.82, 2.24) is 4.90 Å². The number of hydrogen-bond donors (Lipinski definition) is 1. The van der Waals surface area contributed by atoms with E-state index in [1.165, 1.54) is 30.8 Å². The van der Waals surface area contributed by atoms with E-state index in [2.05, 4.69) is 24.1 Å². The summed E-state index contributed by atoms with van der Waals surface area (Å²) in [7, 11) is 0. The van der Waals surface area contributed by atoms with Gasteiger partial charge in [-0.05, 0) is 60.6 Å². The molecule has 28 heavy (non-hydrogen) atoms. The molecule has 0 saturated carbocycles. The summed E-state index contributed by atoms with van der Waals surface area (Å²) in [6.07, 6.45) is 3.36. The Morgan fingerprint density at radius 1 is 1.14 bits per heavy atom. The molecule has 2 aromatic carbocycles. The molecule has 0 radical (unpaired) electrons. The van der Waals surface area contributed by atoms with Crippen molar-refractivity contribution in [2.45, 2.75) is 39.0 Å². The van der Waals surface area contributed by atoms with E-state index >= 15 is 0 Å². The number of nitrogens with one attached hydrogen (secondary N) is 1. The lowest BCUT2D eigenvalue weighted by Gasteiger charge is -2.35. The summed E-state index contributed by atoms with van der Waals surface area (Å²) >= 11 is 0. The zero-order valence-electron chi connectivity index (χ0n) is 16.4. The normalized spacial score (nSPS) is 19.8. The fourth-order valence-corrected chi connectivity index (χ4v) is 4.01. The van der Waals surface area contributed by atoms with Crippen LogP contribution in [0.25, 0.3) is 0 Å². The molecule has 2 heterocycles. The van der Waals surface area contributed by atoms with Crippen molar-refractivity contribution in [1.29, 1.82) is 0 Å². The zero-order valence-corrected chi connectivity index (χ0v) is 16.4. The molecule has 4 rings (SSSR count). The minimum absolute atomic E-state index is 0.0490. The molecule has 146 valence electrons. The van der Waals surface area contributed by atoms with Gasteiger partial charge in [0.2, 0.25) is 0 Å². The molecule has 0 aliphatic carbocycles. The van der Waals surface area contributed by atoms with Crippen LogP contribution in [0.5, 0.6) is 0 Å². The Kier molecular flexibility index (Phi) is 5.16. The summed E-state index contributed by atoms with van der Waals surface area (Å²) in [4.78, 5) is 19.7. The molecular weight excluding hydrogens is 353 g/mol. The van der Waals surface area contributed by atoms with E-state index in [4.69, 9.17) is 4.99 Å². The third kappa shape index (κ3) is 3.79. The van der Waals surface area contributed by atoms with Crippen LogP contribution in [0.4, 0.5) is 15.8 Å². The monoisotopic (exact) mass is 379 g/mol. The van der Waals surface area contributed by atoms with E-state index in [1.54, 1.807) is 12.1 Å². The predicted molar refractivity (Wildman–Crippen MR) is 111 cm³/mol. The summed E-state index contributed by atoms with van der Waals surface area (Å²) in [6.45, 7) is 6.68. The molecule has 0 bridgehead atoms. The maximum Gasteiger partial charge on any atom is 0.258 e. The second-order valence-corrected chi connectivity index (χ2v) is 8.01. The second kappa shape index (κ2) is 7.74. The topological polar surface area (TPSA) is 44.7 Å². The molecule has 0 aromatic heterocycles. The molecular formula is C23H26FN3O. The number of hydrogen-bond acceptors (Lipinski definition) is 3. The maximum absolute atomic E-state index is 13.8. The van der Waals surface area contributed by atoms with E-state index < -0.39 is 11.7 Å². The summed E-state index contributed by atoms with van der Waals surface area (Å²) < 4.78 is 13.8. The first-order valence-electron chi connectivity index (χ1n) is 10.0. The van der Waals surface area contributed by atoms with Crippen LogP contribution in [0.3, 0.4) is 0 Å². The molecule has 1 amide bonds. The number of anilines is 1. The standard InChI is InChI=1S/C23H26FN3O/c1-15-9-11-27(12-10-15)22-13-16(2)19-14-17(7-8-21(19)26-22)25-23(28)18-5-3-4-6-20(18)24/h3-8,14-16H,9-13H2,1-2H3,(H,25,28). The van der Waals surface area contributed by atoms with Gasteiger partial charge in [-0.2, -0.15) is 0 Å². The molecule has 5 heteroatoms. The summed E-state index contributed by atoms with van der Waals surface area (Å²) in [5, 5.41) is 2.81. The Balaban J connectivity index is 1.53. The van der Waals surface area contributed by atoms with Gasteiger partial charge in [-0.25, -0.2) is 9.38 Å². The van der Waals surface area contributed by atoms with Crippen molar-refractivity contribution < 1.29 is 9.18 Å². The van der Waals surface area contributed by atoms with Gasteiger partial charge < -0.3 is 10.2 Å². The van der Waals surface area contributed by atoms with E-state index in [9.17, 15) is 9.18 Å². The summed E-state index contributed by atoms with van der Waals surface area (Å²) in [5.74, 6) is 1.34. The number of amides is 1. The fourth-order valence-electron chi connectivity index (χ4n) is 4.01. The number of aliphatic imine (C=N–C) groups is 1. The van der Waals surface area contributed by atoms with Gasteiger partial charge in [0.15, 0.2) is 0 Å². The molecule has 2 aromatic rings. The Hall–Kier alpha value is -2.69. The highest BCUT2D eigenvalue weighted by Crippen LogP contribution is 2.37. The summed E-state index contributed by atoms with van der Waals surface area (Å²) in [5.41, 5.74) is 2.81. The lowest BCUT2D eigenvalue weighted by molar-refractivity contribution is 0.102. The van der Waals surface area contributed by atoms with Gasteiger partial charge in [0.05, 0.1) is 11.3 Å². The lowest BCUT2D eigenvalue weighted by Crippen LogP contribution is -2.39. The molecule has 2 aliphatic rings. The molecule has 0 spiro atoms. The smallest absolute Gasteiger partial charge is 0.258 e. The third-order valence-corrected chi connectivity index (χ3v) is 5.82. The number of nitrogens with zero attached hydrogens (tertiary/aromatic N) is 2. The van der Waals surface area contributed by atoms with Crippen LogP contribution in [0.15, 0.2) is 47.5 Å². The minimum Gasteiger partial charge on any atom is -0.360 e. The van der Waals surface area contributed by atoms with Crippen LogP contribution in [-0.2, 0) is 0 Å². The van der Waals surface area contributed by atoms with Crippen LogP contribution < -0.4 is 5.32 Å². The first kappa shape index (κ1) is 18.7. The van der Waals surface area contributed by atoms with Gasteiger partial charge in [0.25, 0.3) is 5.91 Å². The molecule has 2 aliphatic heterocycles. The SMILES string of the molecule is CC1CCN(C2=Nc3ccc(NC(=O)c4ccccc4F)cc3C(C)C2)CC1. The van der Waals surface area contributed by atoms with E-state index in [-0.39, 0.29) is 5.56 Å². The van der Waals surface area contributed by atoms with Crippen molar-refractivity contribution in [3.8, 4) is 0 Å². The predicted octanol–water partition coefficient (Wildman–Crippen LogP) is 5.35. The molecule has 1 fully saturated rings. The van der Waals surface area contributed by atoms with E-state index in [0.29, 0.717) is 11.6 Å². The van der Waals surface area contributed by atoms with Crippen molar-refractivity contribution in [3.05, 3.63) is 59.4 Å². The molecule has 1 N–H and O–H groups in total. The van der Waals surface area contributed by atoms with Crippen LogP contribution in [0.2, 0.25) is 0 Å². The maximum atomic E-state index is 13.8. The van der Waals surface area contributed by atoms with Crippen LogP contribution in [-0.4, -0.2) is 29.7 Å². The van der Waals surface area contributed by atoms with Gasteiger partial charge in [-0.15, -0.1) is 0 Å². The number of amidine groups is 1. The largest absolute Gasteiger partial charge is 0.360 e. The Morgan fingerprint density at radius 2 is 1.89 bits per heavy atom. The molecule has 1 unspecified atom stereocenters. The molecule has 4 nitrogen and oxygen atoms in total. The van der Waals surface area contributed by atoms with Crippen LogP contribution in [0.1, 0.15) is 54.9 Å². The first-order chi connectivity index (χ1) is 13.5. The van der Waals surface area contributed by atoms with Gasteiger partial charge in [0, 0.05) is 25.2 Å². The summed E-state index contributed by atoms with van der Waals surface area (Å²) in [6, 6.07) is 11.8. The van der Waals surface area contributed by atoms with E-state index in [1.807, 2.05) is 18.2 Å². The highest BCUT2D eigenvalue weighted by atomic mass is 19.1. The number of benzene rings is 2. The van der Waals surface area contributed by atoms with Gasteiger partial charge >= 0.3 is 0 Å². The Bertz CT molecular complexity index is 916. The highest BCUT2D eigenvalue weighted by Gasteiger charge is 2.25. The Labute approximate surface area is 165 Å². The van der Waals surface area contributed by atoms with Crippen molar-refractivity contribution in [2.24, 2.45) is 10.9 Å². The average Bonchev–Trinajstić information content (AvgIpc) is 2.69. The van der Waals surface area contributed by atoms with Gasteiger partial charge in [-0.3, -0.25) is 4.79 Å². The first-order valence-corrected chi connectivity index (χ1v) is 10.0. The van der Waals surface area contributed by atoms with Crippen LogP contribution >= 0.6 is 0 Å². The van der Waals surface area contributed by atoms with Crippen LogP contribution in [0, 0.1) is 11.7 Å². The Morgan fingerprint density at radius 3 is 2.64 bits per heavy atom. The second-order valence-electron chi connectivity index (χ2n) is 8.01. The van der Waals surface area contributed by atoms with Gasteiger partial charge in [-0.1, -0.05) is 26.0 Å². The number of carbonyl (C=O) groups excluding carboxylic acids is 1. The molecule has 1 atom stereocenters. The van der Waals surface area contributed by atoms with Crippen molar-refractivity contribution >= 4 is 23.1 Å². The van der Waals surface area contributed by atoms with E-state index in [0.717, 1.165) is 36.7 Å². The quantitative estimate of drug-likeness (QED) is 0.765. The lowest BCUT2D eigenvalue weighted by atomic mass is 9.91. The third-order valence-electron chi connectivity index (χ3n) is 5.82. The molecule has 1 saturated heterocycles. The number of fused-ring (bicyclic) bond motifs is 1. The minimum atomic E-state index is -0.517. The highest BCUT2D eigenvalue weighted by molar-refractivity contribution is 6.04. The zero-order chi connectivity index (χ0) is 19.7. The number of piperidine rings is 1. The number of halogens is 1. The number of rotatable bonds is 2. The van der Waals surface area contributed by atoms with Crippen molar-refractivity contribution in [2.75, 3.05) is 18.4 Å². The van der Waals surface area contributed by atoms with Gasteiger partial charge in [0.1, 0.15) is 11.7 Å². The number of carbonyl (C=O) groups is 1. The number of likely N-dealkylation sites (tertiary alicyclic amines) is 1. The van der Waals surface area contributed by atoms with Crippen molar-refractivity contribution in [3.63, 3.8) is 0 Å². The average molecular weight is 379 g/mol. The fraction of sp³-hybridized carbons (Fsp3) is 0.391.